The fourth-order valence-corrected chi connectivity index (χ4v) is 3.63. The molecule has 0 unspecified atom stereocenters. The molecule has 0 aliphatic heterocycles. The average molecular weight is 290 g/mol. The van der Waals surface area contributed by atoms with Crippen LogP contribution in [0.3, 0.4) is 0 Å². The van der Waals surface area contributed by atoms with E-state index in [4.69, 9.17) is 10.8 Å². The number of aryl methyl sites for hydroxylation is 1. The third-order valence-corrected chi connectivity index (χ3v) is 4.82. The number of carbonyl (C=O) groups excluding carboxylic acids is 1. The lowest BCUT2D eigenvalue weighted by molar-refractivity contribution is 0.0713. The molecule has 5 heteroatoms. The minimum Gasteiger partial charge on any atom is -0.397 e. The Labute approximate surface area is 121 Å². The van der Waals surface area contributed by atoms with E-state index in [1.807, 2.05) is 19.1 Å². The molecule has 0 atom stereocenters. The van der Waals surface area contributed by atoms with Crippen molar-refractivity contribution in [2.24, 2.45) is 0 Å². The highest BCUT2D eigenvalue weighted by Gasteiger charge is 2.34. The Bertz CT molecular complexity index is 661. The number of nitrogen functional groups attached to an aromatic ring is 1. The van der Waals surface area contributed by atoms with Gasteiger partial charge < -0.3 is 15.7 Å². The molecule has 106 valence electrons. The molecule has 1 heterocycles. The maximum Gasteiger partial charge on any atom is 0.266 e. The number of hydrogen-bond acceptors (Lipinski definition) is 4. The number of benzene rings is 1. The lowest BCUT2D eigenvalue weighted by atomic mass is 10.1. The largest absolute Gasteiger partial charge is 0.397 e. The Morgan fingerprint density at radius 1 is 1.50 bits per heavy atom. The van der Waals surface area contributed by atoms with Crippen molar-refractivity contribution in [2.75, 3.05) is 18.9 Å². The number of thiophene rings is 1. The van der Waals surface area contributed by atoms with Crippen LogP contribution in [0.5, 0.6) is 0 Å². The second-order valence-electron chi connectivity index (χ2n) is 5.30. The molecule has 1 aromatic carbocycles. The molecule has 20 heavy (non-hydrogen) atoms. The zero-order valence-electron chi connectivity index (χ0n) is 11.4. The normalized spacial score (nSPS) is 14.7. The molecule has 4 nitrogen and oxygen atoms in total. The molecule has 1 amide bonds. The summed E-state index contributed by atoms with van der Waals surface area (Å²) in [6.07, 6.45) is 2.05. The smallest absolute Gasteiger partial charge is 0.266 e. The highest BCUT2D eigenvalue weighted by molar-refractivity contribution is 7.21. The van der Waals surface area contributed by atoms with Gasteiger partial charge in [-0.3, -0.25) is 4.79 Å². The minimum absolute atomic E-state index is 0.00779. The molecule has 1 aromatic heterocycles. The van der Waals surface area contributed by atoms with E-state index in [1.165, 1.54) is 11.3 Å². The minimum atomic E-state index is -0.0436. The van der Waals surface area contributed by atoms with Crippen LogP contribution >= 0.6 is 11.3 Å². The van der Waals surface area contributed by atoms with Gasteiger partial charge in [-0.15, -0.1) is 11.3 Å². The van der Waals surface area contributed by atoms with Gasteiger partial charge in [0.05, 0.1) is 12.3 Å². The first-order chi connectivity index (χ1) is 9.61. The summed E-state index contributed by atoms with van der Waals surface area (Å²) in [5, 5.41) is 10.1. The Morgan fingerprint density at radius 2 is 2.25 bits per heavy atom. The van der Waals surface area contributed by atoms with E-state index in [-0.39, 0.29) is 18.6 Å². The van der Waals surface area contributed by atoms with Crippen LogP contribution in [0.2, 0.25) is 0 Å². The molecule has 0 spiro atoms. The number of aliphatic hydroxyl groups excluding tert-OH is 1. The topological polar surface area (TPSA) is 66.6 Å². The van der Waals surface area contributed by atoms with Gasteiger partial charge in [0.15, 0.2) is 0 Å². The van der Waals surface area contributed by atoms with Crippen LogP contribution in [0.4, 0.5) is 5.69 Å². The van der Waals surface area contributed by atoms with E-state index in [0.29, 0.717) is 17.1 Å². The summed E-state index contributed by atoms with van der Waals surface area (Å²) in [5.41, 5.74) is 7.87. The second-order valence-corrected chi connectivity index (χ2v) is 6.35. The van der Waals surface area contributed by atoms with E-state index >= 15 is 0 Å². The second kappa shape index (κ2) is 5.07. The monoisotopic (exact) mass is 290 g/mol. The van der Waals surface area contributed by atoms with Gasteiger partial charge >= 0.3 is 0 Å². The standard InChI is InChI=1S/C15H18N2O2S/c1-9-2-5-11-12(8-9)20-14(13(11)16)15(19)17(6-7-18)10-3-4-10/h2,5,8,10,18H,3-4,6-7,16H2,1H3. The number of aliphatic hydroxyl groups is 1. The van der Waals surface area contributed by atoms with Crippen molar-refractivity contribution in [1.29, 1.82) is 0 Å². The number of carbonyl (C=O) groups is 1. The maximum atomic E-state index is 12.6. The van der Waals surface area contributed by atoms with Crippen molar-refractivity contribution >= 4 is 33.0 Å². The molecule has 0 bridgehead atoms. The first kappa shape index (κ1) is 13.4. The van der Waals surface area contributed by atoms with Crippen LogP contribution in [0.25, 0.3) is 10.1 Å². The maximum absolute atomic E-state index is 12.6. The van der Waals surface area contributed by atoms with Crippen molar-refractivity contribution in [3.05, 3.63) is 28.6 Å². The van der Waals surface area contributed by atoms with E-state index in [1.54, 1.807) is 4.90 Å². The zero-order valence-corrected chi connectivity index (χ0v) is 12.2. The third-order valence-electron chi connectivity index (χ3n) is 3.67. The molecular formula is C15H18N2O2S. The van der Waals surface area contributed by atoms with Crippen molar-refractivity contribution < 1.29 is 9.90 Å². The molecule has 1 aliphatic rings. The average Bonchev–Trinajstić information content (AvgIpc) is 3.20. The summed E-state index contributed by atoms with van der Waals surface area (Å²) < 4.78 is 1.05. The fraction of sp³-hybridized carbons (Fsp3) is 0.400. The van der Waals surface area contributed by atoms with E-state index < -0.39 is 0 Å². The summed E-state index contributed by atoms with van der Waals surface area (Å²) >= 11 is 1.45. The fourth-order valence-electron chi connectivity index (χ4n) is 2.46. The number of amides is 1. The van der Waals surface area contributed by atoms with Gasteiger partial charge in [-0.2, -0.15) is 0 Å². The molecular weight excluding hydrogens is 272 g/mol. The summed E-state index contributed by atoms with van der Waals surface area (Å²) in [5.74, 6) is -0.0436. The van der Waals surface area contributed by atoms with Gasteiger partial charge in [0.2, 0.25) is 0 Å². The van der Waals surface area contributed by atoms with Crippen LogP contribution in [0.1, 0.15) is 28.1 Å². The Kier molecular flexibility index (Phi) is 3.40. The number of anilines is 1. The van der Waals surface area contributed by atoms with Crippen molar-refractivity contribution in [2.45, 2.75) is 25.8 Å². The van der Waals surface area contributed by atoms with Crippen molar-refractivity contribution in [3.63, 3.8) is 0 Å². The highest BCUT2D eigenvalue weighted by atomic mass is 32.1. The van der Waals surface area contributed by atoms with Gasteiger partial charge in [0.1, 0.15) is 4.88 Å². The first-order valence-corrected chi connectivity index (χ1v) is 7.64. The van der Waals surface area contributed by atoms with Crippen molar-refractivity contribution in [1.82, 2.24) is 4.90 Å². The van der Waals surface area contributed by atoms with E-state index in [0.717, 1.165) is 28.5 Å². The molecule has 1 fully saturated rings. The highest BCUT2D eigenvalue weighted by Crippen LogP contribution is 2.37. The van der Waals surface area contributed by atoms with E-state index in [2.05, 4.69) is 6.07 Å². The number of nitrogens with zero attached hydrogens (tertiary/aromatic N) is 1. The lowest BCUT2D eigenvalue weighted by Crippen LogP contribution is -2.35. The van der Waals surface area contributed by atoms with Crippen molar-refractivity contribution in [3.8, 4) is 0 Å². The molecule has 2 aromatic rings. The van der Waals surface area contributed by atoms with E-state index in [9.17, 15) is 4.79 Å². The molecule has 1 saturated carbocycles. The molecule has 3 N–H and O–H groups in total. The van der Waals surface area contributed by atoms with Gasteiger partial charge in [0, 0.05) is 22.7 Å². The molecule has 3 rings (SSSR count). The predicted octanol–water partition coefficient (Wildman–Crippen LogP) is 2.39. The van der Waals surface area contributed by atoms with Crippen LogP contribution in [-0.4, -0.2) is 35.1 Å². The Balaban J connectivity index is 2.00. The lowest BCUT2D eigenvalue weighted by Gasteiger charge is -2.20. The zero-order chi connectivity index (χ0) is 14.3. The van der Waals surface area contributed by atoms with Gasteiger partial charge in [-0.05, 0) is 31.4 Å². The quantitative estimate of drug-likeness (QED) is 0.908. The summed E-state index contributed by atoms with van der Waals surface area (Å²) in [4.78, 5) is 15.0. The Morgan fingerprint density at radius 3 is 2.90 bits per heavy atom. The van der Waals surface area contributed by atoms with Crippen LogP contribution in [0, 0.1) is 6.92 Å². The number of fused-ring (bicyclic) bond motifs is 1. The molecule has 0 radical (unpaired) electrons. The molecule has 1 aliphatic carbocycles. The van der Waals surface area contributed by atoms with Crippen LogP contribution in [0.15, 0.2) is 18.2 Å². The number of nitrogens with two attached hydrogens (primary N) is 1. The summed E-state index contributed by atoms with van der Waals surface area (Å²) in [7, 11) is 0. The van der Waals surface area contributed by atoms with Gasteiger partial charge in [-0.1, -0.05) is 12.1 Å². The SMILES string of the molecule is Cc1ccc2c(N)c(C(=O)N(CCO)C3CC3)sc2c1. The number of rotatable bonds is 4. The third kappa shape index (κ3) is 2.27. The van der Waals surface area contributed by atoms with Crippen LogP contribution in [-0.2, 0) is 0 Å². The van der Waals surface area contributed by atoms with Crippen LogP contribution < -0.4 is 5.73 Å². The molecule has 0 saturated heterocycles. The predicted molar refractivity (Wildman–Crippen MR) is 82.1 cm³/mol. The Hall–Kier alpha value is -1.59. The van der Waals surface area contributed by atoms with Gasteiger partial charge in [-0.25, -0.2) is 0 Å². The first-order valence-electron chi connectivity index (χ1n) is 6.82. The summed E-state index contributed by atoms with van der Waals surface area (Å²) in [6, 6.07) is 6.31. The van der Waals surface area contributed by atoms with Gasteiger partial charge in [0.25, 0.3) is 5.91 Å². The number of hydrogen-bond donors (Lipinski definition) is 2. The summed E-state index contributed by atoms with van der Waals surface area (Å²) in [6.45, 7) is 2.40.